The molecule has 2 aromatic rings. The van der Waals surface area contributed by atoms with Gasteiger partial charge in [0.1, 0.15) is 5.82 Å². The van der Waals surface area contributed by atoms with Crippen molar-refractivity contribution in [3.05, 3.63) is 41.7 Å². The van der Waals surface area contributed by atoms with Crippen LogP contribution in [0, 0.1) is 6.92 Å². The van der Waals surface area contributed by atoms with Gasteiger partial charge in [0.25, 0.3) is 0 Å². The highest BCUT2D eigenvalue weighted by molar-refractivity contribution is 5.89. The molecule has 1 aliphatic heterocycles. The molecule has 3 rings (SSSR count). The van der Waals surface area contributed by atoms with Crippen LogP contribution in [-0.4, -0.2) is 46.1 Å². The van der Waals surface area contributed by atoms with Crippen LogP contribution in [0.2, 0.25) is 0 Å². The van der Waals surface area contributed by atoms with Crippen molar-refractivity contribution in [3.8, 4) is 0 Å². The lowest BCUT2D eigenvalue weighted by Gasteiger charge is -2.19. The van der Waals surface area contributed by atoms with Crippen LogP contribution in [0.5, 0.6) is 0 Å². The molecule has 24 heavy (non-hydrogen) atoms. The second kappa shape index (κ2) is 7.35. The molecular formula is C17H21N5O2. The first-order chi connectivity index (χ1) is 11.6. The number of likely N-dealkylation sites (N-methyl/N-ethyl adjacent to an activating group) is 1. The molecular weight excluding hydrogens is 306 g/mol. The molecule has 0 radical (unpaired) electrons. The smallest absolute Gasteiger partial charge is 0.227 e. The fourth-order valence-corrected chi connectivity index (χ4v) is 2.49. The third kappa shape index (κ3) is 4.26. The highest BCUT2D eigenvalue weighted by atomic mass is 16.5. The average molecular weight is 327 g/mol. The Morgan fingerprint density at radius 1 is 1.46 bits per heavy atom. The van der Waals surface area contributed by atoms with Gasteiger partial charge in [0.05, 0.1) is 0 Å². The summed E-state index contributed by atoms with van der Waals surface area (Å²) < 4.78 is 5.25. The van der Waals surface area contributed by atoms with Gasteiger partial charge < -0.3 is 14.7 Å². The van der Waals surface area contributed by atoms with Crippen LogP contribution in [-0.2, 0) is 11.2 Å². The van der Waals surface area contributed by atoms with Crippen molar-refractivity contribution in [2.24, 2.45) is 0 Å². The lowest BCUT2D eigenvalue weighted by atomic mass is 10.1. The van der Waals surface area contributed by atoms with Crippen LogP contribution in [0.3, 0.4) is 0 Å². The molecule has 0 fully saturated rings. The maximum atomic E-state index is 12.0. The molecule has 0 atom stereocenters. The minimum Gasteiger partial charge on any atom is -0.339 e. The molecule has 0 spiro atoms. The second-order valence-corrected chi connectivity index (χ2v) is 6.02. The molecule has 1 amide bonds. The van der Waals surface area contributed by atoms with Crippen LogP contribution >= 0.6 is 0 Å². The van der Waals surface area contributed by atoms with Gasteiger partial charge >= 0.3 is 0 Å². The van der Waals surface area contributed by atoms with E-state index in [1.807, 2.05) is 19.1 Å². The third-order valence-corrected chi connectivity index (χ3v) is 3.92. The van der Waals surface area contributed by atoms with Gasteiger partial charge in [0.2, 0.25) is 11.8 Å². The number of aryl methyl sites for hydroxylation is 2. The Bertz CT molecular complexity index is 753. The summed E-state index contributed by atoms with van der Waals surface area (Å²) in [6.07, 6.45) is 5.39. The molecule has 0 saturated heterocycles. The Balaban J connectivity index is 1.53. The van der Waals surface area contributed by atoms with E-state index in [1.165, 1.54) is 0 Å². The van der Waals surface area contributed by atoms with Crippen molar-refractivity contribution in [2.45, 2.75) is 26.2 Å². The summed E-state index contributed by atoms with van der Waals surface area (Å²) >= 11 is 0. The number of hydrogen-bond donors (Lipinski definition) is 1. The number of amides is 1. The molecule has 1 N–H and O–H groups in total. The highest BCUT2D eigenvalue weighted by Gasteiger charge is 2.16. The van der Waals surface area contributed by atoms with Crippen LogP contribution in [0.1, 0.15) is 30.1 Å². The molecule has 0 aliphatic carbocycles. The number of anilines is 1. The standard InChI is InChI=1S/C17H21N5O2/c1-12-5-8-18-14(11-12)19-15(23)3-4-16-20-17(21-24-16)13-6-9-22(2)10-7-13/h5-6,8,11H,3-4,7,9-10H2,1-2H3,(H,18,19,23). The van der Waals surface area contributed by atoms with Gasteiger partial charge in [-0.25, -0.2) is 4.98 Å². The molecule has 0 saturated carbocycles. The lowest BCUT2D eigenvalue weighted by molar-refractivity contribution is -0.116. The van der Waals surface area contributed by atoms with Crippen molar-refractivity contribution < 1.29 is 9.32 Å². The summed E-state index contributed by atoms with van der Waals surface area (Å²) in [6, 6.07) is 3.71. The van der Waals surface area contributed by atoms with E-state index in [0.717, 1.165) is 30.6 Å². The van der Waals surface area contributed by atoms with Crippen molar-refractivity contribution in [1.29, 1.82) is 0 Å². The zero-order valence-electron chi connectivity index (χ0n) is 14.0. The van der Waals surface area contributed by atoms with E-state index >= 15 is 0 Å². The van der Waals surface area contributed by atoms with E-state index in [9.17, 15) is 4.79 Å². The van der Waals surface area contributed by atoms with E-state index in [1.54, 1.807) is 6.20 Å². The predicted molar refractivity (Wildman–Crippen MR) is 90.3 cm³/mol. The summed E-state index contributed by atoms with van der Waals surface area (Å²) in [4.78, 5) is 22.7. The molecule has 1 aliphatic rings. The molecule has 7 heteroatoms. The van der Waals surface area contributed by atoms with E-state index < -0.39 is 0 Å². The van der Waals surface area contributed by atoms with Gasteiger partial charge in [-0.3, -0.25) is 4.79 Å². The largest absolute Gasteiger partial charge is 0.339 e. The van der Waals surface area contributed by atoms with Crippen LogP contribution < -0.4 is 5.32 Å². The molecule has 0 aromatic carbocycles. The predicted octanol–water partition coefficient (Wildman–Crippen LogP) is 2.06. The SMILES string of the molecule is Cc1ccnc(NC(=O)CCc2nc(C3=CCN(C)CC3)no2)c1. The number of nitrogens with zero attached hydrogens (tertiary/aromatic N) is 4. The second-order valence-electron chi connectivity index (χ2n) is 6.02. The van der Waals surface area contributed by atoms with Crippen molar-refractivity contribution in [3.63, 3.8) is 0 Å². The molecule has 3 heterocycles. The summed E-state index contributed by atoms with van der Waals surface area (Å²) in [5, 5.41) is 6.79. The number of hydrogen-bond acceptors (Lipinski definition) is 6. The molecule has 7 nitrogen and oxygen atoms in total. The Labute approximate surface area is 140 Å². The van der Waals surface area contributed by atoms with E-state index in [-0.39, 0.29) is 12.3 Å². The van der Waals surface area contributed by atoms with E-state index in [0.29, 0.717) is 24.0 Å². The topological polar surface area (TPSA) is 84.2 Å². The maximum absolute atomic E-state index is 12.0. The highest BCUT2D eigenvalue weighted by Crippen LogP contribution is 2.19. The van der Waals surface area contributed by atoms with Gasteiger partial charge in [-0.05, 0) is 43.7 Å². The molecule has 0 bridgehead atoms. The van der Waals surface area contributed by atoms with Gasteiger partial charge in [-0.1, -0.05) is 11.2 Å². The van der Waals surface area contributed by atoms with Crippen molar-refractivity contribution >= 4 is 17.3 Å². The zero-order valence-corrected chi connectivity index (χ0v) is 14.0. The van der Waals surface area contributed by atoms with Gasteiger partial charge in [0.15, 0.2) is 5.82 Å². The van der Waals surface area contributed by atoms with Crippen molar-refractivity contribution in [2.75, 3.05) is 25.5 Å². The number of aromatic nitrogens is 3. The fourth-order valence-electron chi connectivity index (χ4n) is 2.49. The summed E-state index contributed by atoms with van der Waals surface area (Å²) in [5.41, 5.74) is 2.16. The van der Waals surface area contributed by atoms with E-state index in [2.05, 4.69) is 38.5 Å². The van der Waals surface area contributed by atoms with E-state index in [4.69, 9.17) is 4.52 Å². The van der Waals surface area contributed by atoms with Crippen LogP contribution in [0.4, 0.5) is 5.82 Å². The number of rotatable bonds is 5. The first-order valence-corrected chi connectivity index (χ1v) is 8.03. The minimum atomic E-state index is -0.119. The maximum Gasteiger partial charge on any atom is 0.227 e. The van der Waals surface area contributed by atoms with Gasteiger partial charge in [-0.15, -0.1) is 0 Å². The Morgan fingerprint density at radius 2 is 2.33 bits per heavy atom. The summed E-state index contributed by atoms with van der Waals surface area (Å²) in [7, 11) is 2.08. The molecule has 126 valence electrons. The minimum absolute atomic E-state index is 0.119. The monoisotopic (exact) mass is 327 g/mol. The third-order valence-electron chi connectivity index (χ3n) is 3.92. The summed E-state index contributed by atoms with van der Waals surface area (Å²) in [5.74, 6) is 1.56. The number of carbonyl (C=O) groups is 1. The van der Waals surface area contributed by atoms with Crippen LogP contribution in [0.25, 0.3) is 5.57 Å². The first-order valence-electron chi connectivity index (χ1n) is 8.03. The molecule has 2 aromatic heterocycles. The first kappa shape index (κ1) is 16.3. The fraction of sp³-hybridized carbons (Fsp3) is 0.412. The van der Waals surface area contributed by atoms with Crippen LogP contribution in [0.15, 0.2) is 28.9 Å². The number of carbonyl (C=O) groups excluding carboxylic acids is 1. The average Bonchev–Trinajstić information content (AvgIpc) is 3.03. The van der Waals surface area contributed by atoms with Gasteiger partial charge in [-0.2, -0.15) is 4.98 Å². The number of nitrogens with one attached hydrogen (secondary N) is 1. The quantitative estimate of drug-likeness (QED) is 0.905. The Morgan fingerprint density at radius 3 is 3.08 bits per heavy atom. The molecule has 0 unspecified atom stereocenters. The lowest BCUT2D eigenvalue weighted by Crippen LogP contribution is -2.23. The van der Waals surface area contributed by atoms with Gasteiger partial charge in [0, 0.05) is 32.1 Å². The zero-order chi connectivity index (χ0) is 16.9. The number of pyridine rings is 1. The Hall–Kier alpha value is -2.54. The summed E-state index contributed by atoms with van der Waals surface area (Å²) in [6.45, 7) is 3.84. The normalized spacial score (nSPS) is 15.2. The van der Waals surface area contributed by atoms with Crippen molar-refractivity contribution in [1.82, 2.24) is 20.0 Å². The Kier molecular flexibility index (Phi) is 5.00.